The van der Waals surface area contributed by atoms with E-state index < -0.39 is 41.2 Å². The molecule has 1 unspecified atom stereocenters. The van der Waals surface area contributed by atoms with Crippen molar-refractivity contribution in [3.8, 4) is 16.4 Å². The fourth-order valence-corrected chi connectivity index (χ4v) is 5.81. The van der Waals surface area contributed by atoms with E-state index in [0.717, 1.165) is 11.3 Å². The molecule has 1 aliphatic rings. The predicted molar refractivity (Wildman–Crippen MR) is 152 cm³/mol. The van der Waals surface area contributed by atoms with Crippen LogP contribution in [0.5, 0.6) is 0 Å². The summed E-state index contributed by atoms with van der Waals surface area (Å²) in [4.78, 5) is 34.0. The molecule has 8 nitrogen and oxygen atoms in total. The Bertz CT molecular complexity index is 1630. The van der Waals surface area contributed by atoms with Gasteiger partial charge in [-0.3, -0.25) is 4.79 Å². The van der Waals surface area contributed by atoms with E-state index in [1.54, 1.807) is 11.6 Å². The van der Waals surface area contributed by atoms with E-state index in [-0.39, 0.29) is 31.6 Å². The number of anilines is 1. The molecule has 232 valence electrons. The molecule has 1 fully saturated rings. The number of rotatable bonds is 5. The molecule has 3 amide bonds. The van der Waals surface area contributed by atoms with Gasteiger partial charge in [-0.05, 0) is 31.5 Å². The lowest BCUT2D eigenvalue weighted by atomic mass is 10.1. The van der Waals surface area contributed by atoms with Crippen LogP contribution in [0.15, 0.2) is 60.1 Å². The number of carbonyl (C=O) groups excluding carboxylic acids is 2. The minimum absolute atomic E-state index is 0.00629. The highest BCUT2D eigenvalue weighted by Gasteiger charge is 2.38. The highest BCUT2D eigenvalue weighted by Crippen LogP contribution is 2.37. The van der Waals surface area contributed by atoms with E-state index in [2.05, 4.69) is 15.4 Å². The van der Waals surface area contributed by atoms with Gasteiger partial charge in [-0.1, -0.05) is 37.3 Å². The number of benzene rings is 2. The average Bonchev–Trinajstić information content (AvgIpc) is 3.63. The van der Waals surface area contributed by atoms with Crippen LogP contribution in [-0.4, -0.2) is 62.2 Å². The van der Waals surface area contributed by atoms with Gasteiger partial charge in [-0.2, -0.15) is 31.4 Å². The minimum atomic E-state index is -5.05. The monoisotopic (exact) mass is 636 g/mol. The van der Waals surface area contributed by atoms with Crippen molar-refractivity contribution in [1.29, 1.82) is 0 Å². The van der Waals surface area contributed by atoms with Gasteiger partial charge in [0.05, 0.1) is 34.3 Å². The van der Waals surface area contributed by atoms with Crippen molar-refractivity contribution in [2.24, 2.45) is 0 Å². The Labute approximate surface area is 251 Å². The van der Waals surface area contributed by atoms with E-state index >= 15 is 0 Å². The van der Waals surface area contributed by atoms with Gasteiger partial charge in [0.1, 0.15) is 0 Å². The molecular formula is C29H26F6N6O2S. The molecule has 44 heavy (non-hydrogen) atoms. The Hall–Kier alpha value is -4.40. The van der Waals surface area contributed by atoms with Gasteiger partial charge in [-0.15, -0.1) is 11.3 Å². The summed E-state index contributed by atoms with van der Waals surface area (Å²) in [6.07, 6.45) is -8.14. The Morgan fingerprint density at radius 2 is 1.66 bits per heavy atom. The van der Waals surface area contributed by atoms with Gasteiger partial charge in [0.15, 0.2) is 0 Å². The van der Waals surface area contributed by atoms with Crippen molar-refractivity contribution in [3.63, 3.8) is 0 Å². The maximum atomic E-state index is 13.6. The Balaban J connectivity index is 1.29. The second-order valence-corrected chi connectivity index (χ2v) is 11.0. The normalized spacial score (nSPS) is 15.9. The third-order valence-corrected chi connectivity index (χ3v) is 8.01. The Kier molecular flexibility index (Phi) is 8.42. The van der Waals surface area contributed by atoms with Crippen LogP contribution in [-0.2, 0) is 18.8 Å². The fourth-order valence-electron chi connectivity index (χ4n) is 5.00. The molecule has 0 aliphatic carbocycles. The SMILES string of the molecule is CCc1c(C(=O)N2CCN(C(=O)Nc3cc(C(F)(F)F)cc(C(F)(F)F)c3)C(C)C2)cnn1-c1nc(-c2ccccc2)cs1. The average molecular weight is 637 g/mol. The molecule has 3 heterocycles. The standard InChI is InChI=1S/C29H26F6N6O2S/c1-3-24-22(14-36-41(24)27-38-23(16-44-27)18-7-5-4-6-8-18)25(42)39-9-10-40(17(2)15-39)26(43)37-21-12-19(28(30,31)32)11-20(13-21)29(33,34)35/h4-8,11-14,16-17H,3,9-10,15H2,1-2H3,(H,37,43). The van der Waals surface area contributed by atoms with Gasteiger partial charge in [0.2, 0.25) is 5.13 Å². The molecule has 1 N–H and O–H groups in total. The van der Waals surface area contributed by atoms with E-state index in [1.165, 1.54) is 27.3 Å². The molecule has 5 rings (SSSR count). The summed E-state index contributed by atoms with van der Waals surface area (Å²) in [5.74, 6) is -0.312. The first-order valence-corrected chi connectivity index (χ1v) is 14.4. The van der Waals surface area contributed by atoms with Crippen LogP contribution >= 0.6 is 11.3 Å². The number of amides is 3. The number of aromatic nitrogens is 3. The van der Waals surface area contributed by atoms with Crippen molar-refractivity contribution < 1.29 is 35.9 Å². The second kappa shape index (κ2) is 11.9. The summed E-state index contributed by atoms with van der Waals surface area (Å²) < 4.78 is 81.0. The largest absolute Gasteiger partial charge is 0.416 e. The molecule has 1 atom stereocenters. The van der Waals surface area contributed by atoms with Crippen molar-refractivity contribution in [1.82, 2.24) is 24.6 Å². The number of alkyl halides is 6. The molecule has 2 aromatic heterocycles. The molecule has 15 heteroatoms. The first-order valence-electron chi connectivity index (χ1n) is 13.5. The third-order valence-electron chi connectivity index (χ3n) is 7.19. The quantitative estimate of drug-likeness (QED) is 0.240. The van der Waals surface area contributed by atoms with E-state index in [9.17, 15) is 35.9 Å². The lowest BCUT2D eigenvalue weighted by Gasteiger charge is -2.39. The number of hydrogen-bond donors (Lipinski definition) is 1. The topological polar surface area (TPSA) is 83.4 Å². The number of nitrogens with zero attached hydrogens (tertiary/aromatic N) is 5. The number of nitrogens with one attached hydrogen (secondary N) is 1. The molecule has 0 saturated carbocycles. The maximum Gasteiger partial charge on any atom is 0.416 e. The molecule has 1 aliphatic heterocycles. The lowest BCUT2D eigenvalue weighted by molar-refractivity contribution is -0.143. The van der Waals surface area contributed by atoms with Crippen LogP contribution < -0.4 is 5.32 Å². The maximum absolute atomic E-state index is 13.6. The number of carbonyl (C=O) groups is 2. The molecule has 2 aromatic carbocycles. The Morgan fingerprint density at radius 1 is 1.00 bits per heavy atom. The molecular weight excluding hydrogens is 610 g/mol. The van der Waals surface area contributed by atoms with Gasteiger partial charge in [0, 0.05) is 42.3 Å². The highest BCUT2D eigenvalue weighted by molar-refractivity contribution is 7.12. The van der Waals surface area contributed by atoms with Crippen LogP contribution in [0, 0.1) is 0 Å². The van der Waals surface area contributed by atoms with Crippen LogP contribution in [0.3, 0.4) is 0 Å². The summed E-state index contributed by atoms with van der Waals surface area (Å²) in [7, 11) is 0. The van der Waals surface area contributed by atoms with Crippen molar-refractivity contribution in [2.45, 2.75) is 38.7 Å². The van der Waals surface area contributed by atoms with E-state index in [1.807, 2.05) is 42.6 Å². The summed E-state index contributed by atoms with van der Waals surface area (Å²) in [6.45, 7) is 3.71. The van der Waals surface area contributed by atoms with Crippen molar-refractivity contribution in [3.05, 3.63) is 82.5 Å². The highest BCUT2D eigenvalue weighted by atomic mass is 32.1. The van der Waals surface area contributed by atoms with Gasteiger partial charge >= 0.3 is 18.4 Å². The first kappa shape index (κ1) is 31.0. The van der Waals surface area contributed by atoms with Crippen LogP contribution in [0.25, 0.3) is 16.4 Å². The molecule has 1 saturated heterocycles. The molecule has 4 aromatic rings. The predicted octanol–water partition coefficient (Wildman–Crippen LogP) is 6.97. The lowest BCUT2D eigenvalue weighted by Crippen LogP contribution is -2.56. The summed E-state index contributed by atoms with van der Waals surface area (Å²) in [5, 5.41) is 9.08. The number of thiazole rings is 1. The van der Waals surface area contributed by atoms with Crippen LogP contribution in [0.1, 0.15) is 41.0 Å². The molecule has 0 radical (unpaired) electrons. The number of halogens is 6. The van der Waals surface area contributed by atoms with Crippen LogP contribution in [0.2, 0.25) is 0 Å². The zero-order chi connectivity index (χ0) is 31.8. The number of hydrogen-bond acceptors (Lipinski definition) is 5. The van der Waals surface area contributed by atoms with Crippen molar-refractivity contribution in [2.75, 3.05) is 25.0 Å². The molecule has 0 bridgehead atoms. The van der Waals surface area contributed by atoms with Gasteiger partial charge < -0.3 is 15.1 Å². The van der Waals surface area contributed by atoms with Crippen LogP contribution in [0.4, 0.5) is 36.8 Å². The zero-order valence-corrected chi connectivity index (χ0v) is 24.2. The van der Waals surface area contributed by atoms with Crippen molar-refractivity contribution >= 4 is 29.0 Å². The van der Waals surface area contributed by atoms with E-state index in [4.69, 9.17) is 0 Å². The third kappa shape index (κ3) is 6.42. The van der Waals surface area contributed by atoms with Gasteiger partial charge in [-0.25, -0.2) is 14.5 Å². The minimum Gasteiger partial charge on any atom is -0.335 e. The summed E-state index contributed by atoms with van der Waals surface area (Å²) in [5.41, 5.74) is -0.958. The molecule has 0 spiro atoms. The first-order chi connectivity index (χ1) is 20.8. The van der Waals surface area contributed by atoms with Gasteiger partial charge in [0.25, 0.3) is 5.91 Å². The Morgan fingerprint density at radius 3 is 2.25 bits per heavy atom. The fraction of sp³-hybridized carbons (Fsp3) is 0.310. The number of urea groups is 1. The summed E-state index contributed by atoms with van der Waals surface area (Å²) in [6, 6.07) is 9.05. The smallest absolute Gasteiger partial charge is 0.335 e. The zero-order valence-electron chi connectivity index (χ0n) is 23.4. The second-order valence-electron chi connectivity index (χ2n) is 10.2. The number of piperazine rings is 1. The summed E-state index contributed by atoms with van der Waals surface area (Å²) >= 11 is 1.39. The van der Waals surface area contributed by atoms with E-state index in [0.29, 0.717) is 34.9 Å².